The molecule has 3 aromatic carbocycles. The van der Waals surface area contributed by atoms with Crippen LogP contribution in [0.25, 0.3) is 0 Å². The first-order valence-electron chi connectivity index (χ1n) is 13.0. The second kappa shape index (κ2) is 11.6. The molecule has 1 amide bonds. The first-order chi connectivity index (χ1) is 19.0. The number of hydrogen-bond donors (Lipinski definition) is 1. The van der Waals surface area contributed by atoms with Gasteiger partial charge in [-0.25, -0.2) is 17.9 Å². The van der Waals surface area contributed by atoms with Gasteiger partial charge in [-0.2, -0.15) is 0 Å². The Bertz CT molecular complexity index is 1520. The summed E-state index contributed by atoms with van der Waals surface area (Å²) >= 11 is 0. The van der Waals surface area contributed by atoms with Gasteiger partial charge in [-0.3, -0.25) is 4.79 Å². The van der Waals surface area contributed by atoms with E-state index in [-0.39, 0.29) is 17.6 Å². The van der Waals surface area contributed by atoms with Gasteiger partial charge in [0.05, 0.1) is 17.6 Å². The van der Waals surface area contributed by atoms with Crippen LogP contribution >= 0.6 is 0 Å². The molecule has 0 saturated carbocycles. The molecule has 0 saturated heterocycles. The Kier molecular flexibility index (Phi) is 8.39. The SMILES string of the molecule is CCCc1cc(C(=O)OC)ccc1OC(C)(C(=O)NS(=O)(=O)c1ccc(C(C)C)cc1)c1ccc2c(c1)OCO2. The third-order valence-corrected chi connectivity index (χ3v) is 8.10. The highest BCUT2D eigenvalue weighted by atomic mass is 32.2. The second-order valence-electron chi connectivity index (χ2n) is 9.93. The number of nitrogens with one attached hydrogen (secondary N) is 1. The van der Waals surface area contributed by atoms with Crippen molar-refractivity contribution in [2.75, 3.05) is 13.9 Å². The van der Waals surface area contributed by atoms with Gasteiger partial charge in [0.2, 0.25) is 12.4 Å². The zero-order chi connectivity index (χ0) is 29.1. The molecular weight excluding hydrogens is 534 g/mol. The number of methoxy groups -OCH3 is 1. The largest absolute Gasteiger partial charge is 0.473 e. The van der Waals surface area contributed by atoms with Crippen molar-refractivity contribution in [3.05, 3.63) is 82.9 Å². The number of sulfonamides is 1. The maximum Gasteiger partial charge on any atom is 0.337 e. The Morgan fingerprint density at radius 2 is 1.70 bits per heavy atom. The Labute approximate surface area is 234 Å². The molecule has 10 heteroatoms. The minimum absolute atomic E-state index is 0.0267. The number of fused-ring (bicyclic) bond motifs is 1. The fourth-order valence-electron chi connectivity index (χ4n) is 4.35. The first-order valence-corrected chi connectivity index (χ1v) is 14.4. The van der Waals surface area contributed by atoms with Crippen LogP contribution in [0, 0.1) is 0 Å². The molecule has 1 aliphatic heterocycles. The van der Waals surface area contributed by atoms with Gasteiger partial charge in [0.1, 0.15) is 5.75 Å². The predicted molar refractivity (Wildman–Crippen MR) is 148 cm³/mol. The number of amides is 1. The molecule has 0 spiro atoms. The van der Waals surface area contributed by atoms with Gasteiger partial charge in [0.25, 0.3) is 15.9 Å². The topological polar surface area (TPSA) is 117 Å². The molecular formula is C30H33NO8S. The minimum atomic E-state index is -4.24. The molecule has 3 aromatic rings. The number of carbonyl (C=O) groups is 2. The van der Waals surface area contributed by atoms with Crippen molar-refractivity contribution in [1.29, 1.82) is 0 Å². The molecule has 0 radical (unpaired) electrons. The van der Waals surface area contributed by atoms with Crippen molar-refractivity contribution < 1.29 is 37.0 Å². The summed E-state index contributed by atoms with van der Waals surface area (Å²) in [6, 6.07) is 16.0. The van der Waals surface area contributed by atoms with Crippen LogP contribution in [0.5, 0.6) is 17.2 Å². The van der Waals surface area contributed by atoms with E-state index in [0.29, 0.717) is 40.4 Å². The zero-order valence-corrected chi connectivity index (χ0v) is 24.0. The summed E-state index contributed by atoms with van der Waals surface area (Å²) in [6.07, 6.45) is 1.27. The van der Waals surface area contributed by atoms with E-state index in [1.54, 1.807) is 42.5 Å². The average Bonchev–Trinajstić information content (AvgIpc) is 3.41. The van der Waals surface area contributed by atoms with E-state index in [1.165, 1.54) is 32.2 Å². The molecule has 9 nitrogen and oxygen atoms in total. The van der Waals surface area contributed by atoms with Crippen molar-refractivity contribution in [3.8, 4) is 17.2 Å². The lowest BCUT2D eigenvalue weighted by Gasteiger charge is -2.31. The van der Waals surface area contributed by atoms with E-state index in [0.717, 1.165) is 12.0 Å². The highest BCUT2D eigenvalue weighted by Crippen LogP contribution is 2.39. The first kappa shape index (κ1) is 28.9. The van der Waals surface area contributed by atoms with Gasteiger partial charge < -0.3 is 18.9 Å². The van der Waals surface area contributed by atoms with E-state index < -0.39 is 27.5 Å². The summed E-state index contributed by atoms with van der Waals surface area (Å²) in [7, 11) is -2.94. The van der Waals surface area contributed by atoms with Gasteiger partial charge in [-0.15, -0.1) is 0 Å². The average molecular weight is 568 g/mol. The summed E-state index contributed by atoms with van der Waals surface area (Å²) < 4.78 is 50.9. The van der Waals surface area contributed by atoms with Gasteiger partial charge in [0, 0.05) is 5.56 Å². The van der Waals surface area contributed by atoms with Crippen LogP contribution in [0.1, 0.15) is 67.1 Å². The standard InChI is InChI=1S/C30H33NO8S/c1-6-7-21-16-22(28(32)36-5)10-14-25(21)39-30(4,23-11-15-26-27(17-23)38-18-37-26)29(33)31-40(34,35)24-12-8-20(9-13-24)19(2)3/h8-17,19H,6-7,18H2,1-5H3,(H,31,33). The van der Waals surface area contributed by atoms with Crippen LogP contribution in [0.2, 0.25) is 0 Å². The van der Waals surface area contributed by atoms with Crippen LogP contribution in [0.3, 0.4) is 0 Å². The molecule has 1 unspecified atom stereocenters. The molecule has 1 heterocycles. The van der Waals surface area contributed by atoms with E-state index in [4.69, 9.17) is 18.9 Å². The smallest absolute Gasteiger partial charge is 0.337 e. The van der Waals surface area contributed by atoms with Gasteiger partial charge >= 0.3 is 5.97 Å². The number of benzene rings is 3. The fraction of sp³-hybridized carbons (Fsp3) is 0.333. The molecule has 0 aromatic heterocycles. The second-order valence-corrected chi connectivity index (χ2v) is 11.6. The number of ether oxygens (including phenoxy) is 4. The lowest BCUT2D eigenvalue weighted by atomic mass is 9.94. The van der Waals surface area contributed by atoms with Crippen molar-refractivity contribution in [3.63, 3.8) is 0 Å². The molecule has 4 rings (SSSR count). The molecule has 1 atom stereocenters. The van der Waals surface area contributed by atoms with Crippen molar-refractivity contribution in [1.82, 2.24) is 4.72 Å². The van der Waals surface area contributed by atoms with Crippen LogP contribution in [-0.4, -0.2) is 34.2 Å². The van der Waals surface area contributed by atoms with Crippen molar-refractivity contribution in [2.24, 2.45) is 0 Å². The van der Waals surface area contributed by atoms with E-state index >= 15 is 0 Å². The van der Waals surface area contributed by atoms with E-state index in [1.807, 2.05) is 20.8 Å². The molecule has 0 bridgehead atoms. The lowest BCUT2D eigenvalue weighted by Crippen LogP contribution is -2.48. The quantitative estimate of drug-likeness (QED) is 0.337. The van der Waals surface area contributed by atoms with Crippen molar-refractivity contribution >= 4 is 21.9 Å². The maximum atomic E-state index is 13.9. The van der Waals surface area contributed by atoms with Crippen LogP contribution in [0.4, 0.5) is 0 Å². The van der Waals surface area contributed by atoms with Crippen LogP contribution in [-0.2, 0) is 31.6 Å². The summed E-state index contributed by atoms with van der Waals surface area (Å²) in [4.78, 5) is 25.9. The Morgan fingerprint density at radius 1 is 1.00 bits per heavy atom. The van der Waals surface area contributed by atoms with E-state index in [2.05, 4.69) is 4.72 Å². The monoisotopic (exact) mass is 567 g/mol. The fourth-order valence-corrected chi connectivity index (χ4v) is 5.40. The zero-order valence-electron chi connectivity index (χ0n) is 23.1. The van der Waals surface area contributed by atoms with Gasteiger partial charge in [-0.05, 0) is 72.9 Å². The highest BCUT2D eigenvalue weighted by molar-refractivity contribution is 7.90. The van der Waals surface area contributed by atoms with Crippen LogP contribution in [0.15, 0.2) is 65.6 Å². The summed E-state index contributed by atoms with van der Waals surface area (Å²) in [5, 5.41) is 0. The number of hydrogen-bond acceptors (Lipinski definition) is 8. The summed E-state index contributed by atoms with van der Waals surface area (Å²) in [5.74, 6) is 0.0366. The molecule has 0 fully saturated rings. The number of rotatable bonds is 10. The van der Waals surface area contributed by atoms with Gasteiger partial charge in [-0.1, -0.05) is 45.4 Å². The number of aryl methyl sites for hydroxylation is 1. The van der Waals surface area contributed by atoms with E-state index in [9.17, 15) is 18.0 Å². The number of esters is 1. The molecule has 0 aliphatic carbocycles. The molecule has 1 N–H and O–H groups in total. The number of carbonyl (C=O) groups excluding carboxylic acids is 2. The molecule has 40 heavy (non-hydrogen) atoms. The van der Waals surface area contributed by atoms with Crippen molar-refractivity contribution in [2.45, 2.75) is 57.0 Å². The third kappa shape index (κ3) is 5.91. The lowest BCUT2D eigenvalue weighted by molar-refractivity contribution is -0.134. The highest BCUT2D eigenvalue weighted by Gasteiger charge is 2.42. The summed E-state index contributed by atoms with van der Waals surface area (Å²) in [6.45, 7) is 7.49. The third-order valence-electron chi connectivity index (χ3n) is 6.76. The maximum absolute atomic E-state index is 13.9. The van der Waals surface area contributed by atoms with Crippen LogP contribution < -0.4 is 18.9 Å². The Balaban J connectivity index is 1.75. The minimum Gasteiger partial charge on any atom is -0.473 e. The van der Waals surface area contributed by atoms with Gasteiger partial charge in [0.15, 0.2) is 11.5 Å². The predicted octanol–water partition coefficient (Wildman–Crippen LogP) is 5.08. The Hall–Kier alpha value is -4.05. The summed E-state index contributed by atoms with van der Waals surface area (Å²) in [5.41, 5.74) is 0.496. The normalized spacial score (nSPS) is 13.9. The molecule has 1 aliphatic rings. The molecule has 212 valence electrons. The Morgan fingerprint density at radius 3 is 2.35 bits per heavy atom.